The second kappa shape index (κ2) is 9.89. The topological polar surface area (TPSA) is 47.0 Å². The third-order valence-electron chi connectivity index (χ3n) is 5.80. The monoisotopic (exact) mass is 369 g/mol. The van der Waals surface area contributed by atoms with Crippen molar-refractivity contribution >= 4 is 5.91 Å². The van der Waals surface area contributed by atoms with Gasteiger partial charge in [-0.05, 0) is 49.5 Å². The van der Waals surface area contributed by atoms with Gasteiger partial charge in [-0.25, -0.2) is 0 Å². The number of hydrogen-bond donors (Lipinski definition) is 1. The Hall–Kier alpha value is -1.87. The standard InChI is InChI=1S/C22H31N3O2/c1-2-3-10-23-13-15-25(16-14-23)22(27)21-6-4-19(5-7-21)17-24-11-8-20(18-26)9-12-24/h1,4-7,20,26H,3,8-18H2. The minimum Gasteiger partial charge on any atom is -0.396 e. The van der Waals surface area contributed by atoms with Gasteiger partial charge in [0.25, 0.3) is 5.91 Å². The second-order valence-electron chi connectivity index (χ2n) is 7.69. The number of nitrogens with zero attached hydrogens (tertiary/aromatic N) is 3. The lowest BCUT2D eigenvalue weighted by molar-refractivity contribution is 0.0640. The Morgan fingerprint density at radius 3 is 2.30 bits per heavy atom. The van der Waals surface area contributed by atoms with Crippen LogP contribution >= 0.6 is 0 Å². The molecule has 0 saturated carbocycles. The molecule has 2 heterocycles. The number of hydrogen-bond acceptors (Lipinski definition) is 4. The maximum atomic E-state index is 12.7. The van der Waals surface area contributed by atoms with E-state index in [0.717, 1.165) is 77.2 Å². The lowest BCUT2D eigenvalue weighted by Crippen LogP contribution is -2.48. The summed E-state index contributed by atoms with van der Waals surface area (Å²) in [4.78, 5) is 19.4. The van der Waals surface area contributed by atoms with Crippen molar-refractivity contribution in [3.05, 3.63) is 35.4 Å². The normalized spacial score (nSPS) is 19.8. The summed E-state index contributed by atoms with van der Waals surface area (Å²) in [5.41, 5.74) is 2.02. The third-order valence-corrected chi connectivity index (χ3v) is 5.80. The molecule has 1 N–H and O–H groups in total. The summed E-state index contributed by atoms with van der Waals surface area (Å²) in [6.07, 6.45) is 8.24. The van der Waals surface area contributed by atoms with Crippen LogP contribution in [0.4, 0.5) is 0 Å². The van der Waals surface area contributed by atoms with Crippen molar-refractivity contribution in [3.63, 3.8) is 0 Å². The van der Waals surface area contributed by atoms with Crippen molar-refractivity contribution in [1.82, 2.24) is 14.7 Å². The molecule has 0 aliphatic carbocycles. The Balaban J connectivity index is 1.47. The molecule has 1 aromatic rings. The molecule has 0 bridgehead atoms. The van der Waals surface area contributed by atoms with Crippen molar-refractivity contribution in [1.29, 1.82) is 0 Å². The maximum Gasteiger partial charge on any atom is 0.253 e. The van der Waals surface area contributed by atoms with Gasteiger partial charge in [0.2, 0.25) is 0 Å². The molecule has 1 amide bonds. The van der Waals surface area contributed by atoms with Gasteiger partial charge in [-0.15, -0.1) is 12.3 Å². The van der Waals surface area contributed by atoms with Crippen LogP contribution in [0.1, 0.15) is 35.2 Å². The molecule has 5 heteroatoms. The molecule has 1 aromatic carbocycles. The number of rotatable bonds is 6. The first-order valence-corrected chi connectivity index (χ1v) is 10.1. The van der Waals surface area contributed by atoms with Crippen LogP contribution in [0.2, 0.25) is 0 Å². The van der Waals surface area contributed by atoms with E-state index < -0.39 is 0 Å². The van der Waals surface area contributed by atoms with Crippen molar-refractivity contribution in [2.75, 3.05) is 52.4 Å². The van der Waals surface area contributed by atoms with Crippen LogP contribution in [-0.4, -0.2) is 78.1 Å². The van der Waals surface area contributed by atoms with Crippen LogP contribution < -0.4 is 0 Å². The van der Waals surface area contributed by atoms with Crippen LogP contribution in [0.15, 0.2) is 24.3 Å². The fraction of sp³-hybridized carbons (Fsp3) is 0.591. The molecule has 2 aliphatic heterocycles. The van der Waals surface area contributed by atoms with E-state index in [0.29, 0.717) is 12.5 Å². The Morgan fingerprint density at radius 2 is 1.70 bits per heavy atom. The van der Waals surface area contributed by atoms with Gasteiger partial charge in [-0.1, -0.05) is 12.1 Å². The van der Waals surface area contributed by atoms with E-state index in [9.17, 15) is 9.90 Å². The fourth-order valence-electron chi connectivity index (χ4n) is 3.92. The SMILES string of the molecule is C#CCCN1CCN(C(=O)c2ccc(CN3CCC(CO)CC3)cc2)CC1. The Morgan fingerprint density at radius 1 is 1.04 bits per heavy atom. The largest absolute Gasteiger partial charge is 0.396 e. The van der Waals surface area contributed by atoms with E-state index in [1.165, 1.54) is 5.56 Å². The molecule has 0 aromatic heterocycles. The molecule has 0 atom stereocenters. The molecule has 0 spiro atoms. The summed E-state index contributed by atoms with van der Waals surface area (Å²) in [5, 5.41) is 9.24. The highest BCUT2D eigenvalue weighted by Gasteiger charge is 2.22. The molecule has 0 unspecified atom stereocenters. The number of terminal acetylenes is 1. The van der Waals surface area contributed by atoms with E-state index >= 15 is 0 Å². The average Bonchev–Trinajstić information content (AvgIpc) is 2.73. The zero-order valence-corrected chi connectivity index (χ0v) is 16.1. The minimum atomic E-state index is 0.127. The highest BCUT2D eigenvalue weighted by Crippen LogP contribution is 2.19. The number of aliphatic hydroxyl groups excluding tert-OH is 1. The highest BCUT2D eigenvalue weighted by molar-refractivity contribution is 5.94. The van der Waals surface area contributed by atoms with E-state index in [1.54, 1.807) is 0 Å². The first-order valence-electron chi connectivity index (χ1n) is 10.1. The molecule has 2 fully saturated rings. The lowest BCUT2D eigenvalue weighted by atomic mass is 9.97. The van der Waals surface area contributed by atoms with Gasteiger partial charge < -0.3 is 10.0 Å². The minimum absolute atomic E-state index is 0.127. The van der Waals surface area contributed by atoms with Gasteiger partial charge in [-0.2, -0.15) is 0 Å². The summed E-state index contributed by atoms with van der Waals surface area (Å²) >= 11 is 0. The predicted octanol–water partition coefficient (Wildman–Crippen LogP) is 1.67. The number of aliphatic hydroxyl groups is 1. The van der Waals surface area contributed by atoms with E-state index in [4.69, 9.17) is 6.42 Å². The highest BCUT2D eigenvalue weighted by atomic mass is 16.3. The fourth-order valence-corrected chi connectivity index (χ4v) is 3.92. The molecule has 3 rings (SSSR count). The smallest absolute Gasteiger partial charge is 0.253 e. The van der Waals surface area contributed by atoms with Gasteiger partial charge in [0.05, 0.1) is 0 Å². The van der Waals surface area contributed by atoms with Gasteiger partial charge in [-0.3, -0.25) is 14.6 Å². The summed E-state index contributed by atoms with van der Waals surface area (Å²) in [5.74, 6) is 3.27. The van der Waals surface area contributed by atoms with Crippen molar-refractivity contribution in [2.24, 2.45) is 5.92 Å². The van der Waals surface area contributed by atoms with Crippen molar-refractivity contribution < 1.29 is 9.90 Å². The van der Waals surface area contributed by atoms with Gasteiger partial charge in [0.15, 0.2) is 0 Å². The van der Waals surface area contributed by atoms with Crippen LogP contribution in [0.25, 0.3) is 0 Å². The third kappa shape index (κ3) is 5.55. The zero-order chi connectivity index (χ0) is 19.1. The van der Waals surface area contributed by atoms with Crippen LogP contribution in [0.5, 0.6) is 0 Å². The average molecular weight is 370 g/mol. The van der Waals surface area contributed by atoms with Crippen molar-refractivity contribution in [2.45, 2.75) is 25.8 Å². The predicted molar refractivity (Wildman–Crippen MR) is 107 cm³/mol. The molecule has 2 saturated heterocycles. The molecule has 5 nitrogen and oxygen atoms in total. The Labute approximate surface area is 162 Å². The summed E-state index contributed by atoms with van der Waals surface area (Å²) in [6.45, 7) is 7.55. The first kappa shape index (κ1) is 19.9. The van der Waals surface area contributed by atoms with Crippen LogP contribution in [0, 0.1) is 18.3 Å². The number of carbonyl (C=O) groups is 1. The van der Waals surface area contributed by atoms with E-state index in [2.05, 4.69) is 27.9 Å². The quantitative estimate of drug-likeness (QED) is 0.775. The van der Waals surface area contributed by atoms with Gasteiger partial charge in [0.1, 0.15) is 0 Å². The molecular formula is C22H31N3O2. The molecule has 27 heavy (non-hydrogen) atoms. The summed E-state index contributed by atoms with van der Waals surface area (Å²) < 4.78 is 0. The zero-order valence-electron chi connectivity index (χ0n) is 16.1. The Kier molecular flexibility index (Phi) is 7.28. The number of carbonyl (C=O) groups excluding carboxylic acids is 1. The van der Waals surface area contributed by atoms with Gasteiger partial charge in [0, 0.05) is 57.9 Å². The summed E-state index contributed by atoms with van der Waals surface area (Å²) in [6, 6.07) is 8.08. The van der Waals surface area contributed by atoms with E-state index in [-0.39, 0.29) is 5.91 Å². The molecular weight excluding hydrogens is 338 g/mol. The first-order chi connectivity index (χ1) is 13.2. The maximum absolute atomic E-state index is 12.7. The Bertz CT molecular complexity index is 637. The summed E-state index contributed by atoms with van der Waals surface area (Å²) in [7, 11) is 0. The second-order valence-corrected chi connectivity index (χ2v) is 7.69. The van der Waals surface area contributed by atoms with Crippen LogP contribution in [-0.2, 0) is 6.54 Å². The number of piperidine rings is 1. The molecule has 2 aliphatic rings. The molecule has 0 radical (unpaired) electrons. The molecule has 146 valence electrons. The number of benzene rings is 1. The van der Waals surface area contributed by atoms with E-state index in [1.807, 2.05) is 17.0 Å². The number of piperazine rings is 1. The lowest BCUT2D eigenvalue weighted by Gasteiger charge is -2.34. The van der Waals surface area contributed by atoms with Crippen LogP contribution in [0.3, 0.4) is 0 Å². The van der Waals surface area contributed by atoms with Crippen molar-refractivity contribution in [3.8, 4) is 12.3 Å². The number of amides is 1. The van der Waals surface area contributed by atoms with Gasteiger partial charge >= 0.3 is 0 Å². The number of likely N-dealkylation sites (tertiary alicyclic amines) is 1.